The van der Waals surface area contributed by atoms with Crippen LogP contribution < -0.4 is 9.80 Å². The molecule has 0 amide bonds. The van der Waals surface area contributed by atoms with Crippen molar-refractivity contribution >= 4 is 34.4 Å². The summed E-state index contributed by atoms with van der Waals surface area (Å²) in [4.78, 5) is 19.4. The Morgan fingerprint density at radius 2 is 1.70 bits per heavy atom. The van der Waals surface area contributed by atoms with Crippen LogP contribution in [0.1, 0.15) is 34.3 Å². The zero-order valence-electron chi connectivity index (χ0n) is 20.0. The molecule has 1 atom stereocenters. The van der Waals surface area contributed by atoms with Gasteiger partial charge >= 0.3 is 6.18 Å². The molecule has 0 bridgehead atoms. The van der Waals surface area contributed by atoms with E-state index in [1.165, 1.54) is 0 Å². The van der Waals surface area contributed by atoms with E-state index in [4.69, 9.17) is 16.3 Å². The quantitative estimate of drug-likeness (QED) is 0.388. The van der Waals surface area contributed by atoms with Crippen LogP contribution in [0.4, 0.5) is 25.1 Å². The van der Waals surface area contributed by atoms with Crippen molar-refractivity contribution in [2.75, 3.05) is 42.6 Å². The van der Waals surface area contributed by atoms with Gasteiger partial charge in [0, 0.05) is 41.3 Å². The summed E-state index contributed by atoms with van der Waals surface area (Å²) in [6.07, 6.45) is -4.12. The number of benzene rings is 2. The molecule has 2 aliphatic rings. The van der Waals surface area contributed by atoms with Gasteiger partial charge in [-0.2, -0.15) is 28.1 Å². The van der Waals surface area contributed by atoms with E-state index >= 15 is 0 Å². The minimum absolute atomic E-state index is 0.00303. The molecular weight excluding hydrogens is 505 g/mol. The molecule has 1 saturated heterocycles. The standard InChI is InChI=1S/C26H24ClF3N6O/c1-15-2-4-16(5-3-15)22-21-18(19-14-17(27)6-7-20(19)31-21)8-9-36(22)25-33-23(26(28,29)30)32-24(34-25)35-10-12-37-13-11-35/h2-7,14,22,31H,8-13H2,1H3/t22-/m0/s1. The van der Waals surface area contributed by atoms with Gasteiger partial charge in [0.2, 0.25) is 17.7 Å². The first-order chi connectivity index (χ1) is 17.8. The number of aryl methyl sites for hydroxylation is 1. The van der Waals surface area contributed by atoms with Crippen molar-refractivity contribution in [1.82, 2.24) is 19.9 Å². The number of morpholine rings is 1. The highest BCUT2D eigenvalue weighted by Crippen LogP contribution is 2.41. The molecule has 2 aromatic carbocycles. The molecule has 2 aliphatic heterocycles. The number of nitrogens with one attached hydrogen (secondary N) is 1. The van der Waals surface area contributed by atoms with Crippen LogP contribution in [0.5, 0.6) is 0 Å². The summed E-state index contributed by atoms with van der Waals surface area (Å²) in [5.74, 6) is -1.19. The van der Waals surface area contributed by atoms with Gasteiger partial charge in [0.05, 0.1) is 19.3 Å². The summed E-state index contributed by atoms with van der Waals surface area (Å²) in [6.45, 7) is 4.05. The zero-order chi connectivity index (χ0) is 25.7. The average molecular weight is 529 g/mol. The summed E-state index contributed by atoms with van der Waals surface area (Å²) in [5.41, 5.74) is 4.93. The molecule has 1 fully saturated rings. The Bertz CT molecular complexity index is 1450. The Morgan fingerprint density at radius 3 is 2.43 bits per heavy atom. The Labute approximate surface area is 216 Å². The van der Waals surface area contributed by atoms with E-state index in [-0.39, 0.29) is 11.9 Å². The number of halogens is 4. The highest BCUT2D eigenvalue weighted by molar-refractivity contribution is 6.31. The van der Waals surface area contributed by atoms with Gasteiger partial charge in [-0.05, 0) is 42.7 Å². The third-order valence-electron chi connectivity index (χ3n) is 6.90. The normalized spacial score (nSPS) is 18.4. The van der Waals surface area contributed by atoms with E-state index in [2.05, 4.69) is 19.9 Å². The molecule has 37 heavy (non-hydrogen) atoms. The lowest BCUT2D eigenvalue weighted by Crippen LogP contribution is -2.40. The van der Waals surface area contributed by atoms with E-state index in [0.29, 0.717) is 44.3 Å². The number of rotatable bonds is 3. The number of anilines is 2. The molecule has 4 aromatic rings. The SMILES string of the molecule is Cc1ccc([C@H]2c3[nH]c4ccc(Cl)cc4c3CCN2c2nc(N3CCOCC3)nc(C(F)(F)F)n2)cc1. The molecule has 0 saturated carbocycles. The molecule has 1 N–H and O–H groups in total. The molecule has 0 spiro atoms. The van der Waals surface area contributed by atoms with Gasteiger partial charge in [-0.25, -0.2) is 0 Å². The number of aromatic amines is 1. The fourth-order valence-electron chi connectivity index (χ4n) is 5.09. The first-order valence-corrected chi connectivity index (χ1v) is 12.4. The van der Waals surface area contributed by atoms with Gasteiger partial charge in [-0.15, -0.1) is 0 Å². The minimum atomic E-state index is -4.71. The first kappa shape index (κ1) is 24.0. The van der Waals surface area contributed by atoms with Crippen LogP contribution in [0.25, 0.3) is 10.9 Å². The lowest BCUT2D eigenvalue weighted by atomic mass is 9.92. The zero-order valence-corrected chi connectivity index (χ0v) is 20.8. The van der Waals surface area contributed by atoms with Gasteiger partial charge in [0.25, 0.3) is 0 Å². The molecule has 0 aliphatic carbocycles. The van der Waals surface area contributed by atoms with Crippen LogP contribution in [0.3, 0.4) is 0 Å². The summed E-state index contributed by atoms with van der Waals surface area (Å²) >= 11 is 6.29. The van der Waals surface area contributed by atoms with Gasteiger partial charge in [0.1, 0.15) is 0 Å². The first-order valence-electron chi connectivity index (χ1n) is 12.1. The Balaban J connectivity index is 1.52. The fourth-order valence-corrected chi connectivity index (χ4v) is 5.26. The van der Waals surface area contributed by atoms with E-state index in [1.54, 1.807) is 4.90 Å². The molecule has 0 radical (unpaired) electrons. The maximum Gasteiger partial charge on any atom is 0.451 e. The summed E-state index contributed by atoms with van der Waals surface area (Å²) in [7, 11) is 0. The number of fused-ring (bicyclic) bond motifs is 3. The number of ether oxygens (including phenoxy) is 1. The lowest BCUT2D eigenvalue weighted by molar-refractivity contribution is -0.145. The Morgan fingerprint density at radius 1 is 0.973 bits per heavy atom. The number of H-pyrrole nitrogens is 1. The van der Waals surface area contributed by atoms with Crippen LogP contribution in [0.2, 0.25) is 5.02 Å². The van der Waals surface area contributed by atoms with E-state index in [0.717, 1.165) is 33.3 Å². The molecule has 4 heterocycles. The topological polar surface area (TPSA) is 70.2 Å². The van der Waals surface area contributed by atoms with Crippen molar-refractivity contribution in [2.24, 2.45) is 0 Å². The van der Waals surface area contributed by atoms with Gasteiger partial charge < -0.3 is 19.5 Å². The van der Waals surface area contributed by atoms with Crippen LogP contribution >= 0.6 is 11.6 Å². The second kappa shape index (κ2) is 9.18. The average Bonchev–Trinajstić information content (AvgIpc) is 3.26. The number of nitrogens with zero attached hydrogens (tertiary/aromatic N) is 5. The minimum Gasteiger partial charge on any atom is -0.378 e. The van der Waals surface area contributed by atoms with Crippen molar-refractivity contribution < 1.29 is 17.9 Å². The monoisotopic (exact) mass is 528 g/mol. The van der Waals surface area contributed by atoms with Crippen molar-refractivity contribution in [3.63, 3.8) is 0 Å². The van der Waals surface area contributed by atoms with E-state index in [9.17, 15) is 13.2 Å². The van der Waals surface area contributed by atoms with Gasteiger partial charge in [0.15, 0.2) is 0 Å². The summed E-state index contributed by atoms with van der Waals surface area (Å²) in [6, 6.07) is 13.2. The van der Waals surface area contributed by atoms with Crippen LogP contribution in [-0.4, -0.2) is 52.8 Å². The van der Waals surface area contributed by atoms with Crippen molar-refractivity contribution in [3.8, 4) is 0 Å². The highest BCUT2D eigenvalue weighted by atomic mass is 35.5. The molecule has 0 unspecified atom stereocenters. The van der Waals surface area contributed by atoms with Gasteiger partial charge in [-0.1, -0.05) is 41.4 Å². The van der Waals surface area contributed by atoms with Crippen LogP contribution in [0, 0.1) is 6.92 Å². The third-order valence-corrected chi connectivity index (χ3v) is 7.13. The maximum absolute atomic E-state index is 13.9. The van der Waals surface area contributed by atoms with Gasteiger partial charge in [-0.3, -0.25) is 0 Å². The Hall–Kier alpha value is -3.37. The number of alkyl halides is 3. The molecule has 6 rings (SSSR count). The van der Waals surface area contributed by atoms with Crippen LogP contribution in [-0.2, 0) is 17.3 Å². The summed E-state index contributed by atoms with van der Waals surface area (Å²) in [5, 5.41) is 1.64. The fraction of sp³-hybridized carbons (Fsp3) is 0.346. The van der Waals surface area contributed by atoms with E-state index in [1.807, 2.05) is 54.3 Å². The smallest absolute Gasteiger partial charge is 0.378 e. The molecule has 11 heteroatoms. The molecule has 2 aromatic heterocycles. The maximum atomic E-state index is 13.9. The number of hydrogen-bond donors (Lipinski definition) is 1. The second-order valence-corrected chi connectivity index (χ2v) is 9.76. The van der Waals surface area contributed by atoms with Crippen molar-refractivity contribution in [1.29, 1.82) is 0 Å². The van der Waals surface area contributed by atoms with Crippen molar-refractivity contribution in [3.05, 3.63) is 75.7 Å². The van der Waals surface area contributed by atoms with E-state index < -0.39 is 18.0 Å². The van der Waals surface area contributed by atoms with Crippen molar-refractivity contribution in [2.45, 2.75) is 25.6 Å². The predicted molar refractivity (Wildman–Crippen MR) is 135 cm³/mol. The lowest BCUT2D eigenvalue weighted by Gasteiger charge is -2.37. The number of hydrogen-bond acceptors (Lipinski definition) is 6. The second-order valence-electron chi connectivity index (χ2n) is 9.32. The Kier molecular flexibility index (Phi) is 5.95. The third kappa shape index (κ3) is 4.48. The molecule has 7 nitrogen and oxygen atoms in total. The predicted octanol–water partition coefficient (Wildman–Crippen LogP) is 5.32. The molecule has 192 valence electrons. The van der Waals surface area contributed by atoms with Crippen LogP contribution in [0.15, 0.2) is 42.5 Å². The highest BCUT2D eigenvalue weighted by Gasteiger charge is 2.39. The molecular formula is C26H24ClF3N6O. The summed E-state index contributed by atoms with van der Waals surface area (Å²) < 4.78 is 47.2. The number of aromatic nitrogens is 4. The largest absolute Gasteiger partial charge is 0.451 e.